The molecule has 2 fully saturated rings. The van der Waals surface area contributed by atoms with E-state index in [1.807, 2.05) is 6.07 Å². The molecule has 4 aliphatic rings. The number of hydrogen-bond acceptors (Lipinski definition) is 3. The maximum absolute atomic E-state index is 14.4. The van der Waals surface area contributed by atoms with Crippen molar-refractivity contribution in [1.29, 1.82) is 0 Å². The molecule has 2 aromatic carbocycles. The molecule has 6 rings (SSSR count). The van der Waals surface area contributed by atoms with E-state index in [0.717, 1.165) is 56.4 Å². The van der Waals surface area contributed by atoms with E-state index in [-0.39, 0.29) is 17.9 Å². The first-order valence-electron chi connectivity index (χ1n) is 13.3. The van der Waals surface area contributed by atoms with Gasteiger partial charge in [-0.2, -0.15) is 0 Å². The number of nitrogens with zero attached hydrogens (tertiary/aromatic N) is 2. The van der Waals surface area contributed by atoms with Crippen LogP contribution < -0.4 is 5.73 Å². The van der Waals surface area contributed by atoms with Crippen LogP contribution in [0.15, 0.2) is 36.4 Å². The lowest BCUT2D eigenvalue weighted by atomic mass is 9.89. The minimum atomic E-state index is -0.660. The smallest absolute Gasteiger partial charge is 0.128 e. The van der Waals surface area contributed by atoms with Gasteiger partial charge in [0.2, 0.25) is 0 Å². The van der Waals surface area contributed by atoms with Gasteiger partial charge in [-0.05, 0) is 72.9 Å². The van der Waals surface area contributed by atoms with Crippen molar-refractivity contribution in [3.63, 3.8) is 0 Å². The Kier molecular flexibility index (Phi) is 5.99. The zero-order valence-electron chi connectivity index (χ0n) is 20.2. The molecule has 6 atom stereocenters. The number of nitrogens with two attached hydrogens (primary N) is 1. The fourth-order valence-corrected chi connectivity index (χ4v) is 7.45. The van der Waals surface area contributed by atoms with Crippen molar-refractivity contribution in [3.8, 4) is 0 Å². The second kappa shape index (κ2) is 9.00. The van der Waals surface area contributed by atoms with Crippen LogP contribution in [0.5, 0.6) is 0 Å². The van der Waals surface area contributed by atoms with Crippen molar-refractivity contribution in [2.75, 3.05) is 26.2 Å². The summed E-state index contributed by atoms with van der Waals surface area (Å²) in [4.78, 5) is 4.92. The van der Waals surface area contributed by atoms with Gasteiger partial charge >= 0.3 is 0 Å². The lowest BCUT2D eigenvalue weighted by molar-refractivity contribution is 0.198. The SMILES string of the molecule is CCCC1c2cc(C3CCN([C@@H]4Cc5cccc(F)c5[C@H]4N)C3)ccc2C[C@H]1N1CC[C@H](F)C1. The van der Waals surface area contributed by atoms with Crippen LogP contribution in [0.3, 0.4) is 0 Å². The Morgan fingerprint density at radius 2 is 1.76 bits per heavy atom. The van der Waals surface area contributed by atoms with E-state index >= 15 is 0 Å². The number of likely N-dealkylation sites (tertiary alicyclic amines) is 2. The third-order valence-electron chi connectivity index (χ3n) is 9.17. The van der Waals surface area contributed by atoms with Crippen molar-refractivity contribution >= 4 is 0 Å². The van der Waals surface area contributed by atoms with Crippen molar-refractivity contribution in [2.24, 2.45) is 5.73 Å². The quantitative estimate of drug-likeness (QED) is 0.668. The molecule has 0 amide bonds. The molecule has 2 saturated heterocycles. The summed E-state index contributed by atoms with van der Waals surface area (Å²) in [5, 5.41) is 0. The van der Waals surface area contributed by atoms with Crippen molar-refractivity contribution in [3.05, 3.63) is 70.0 Å². The average molecular weight is 466 g/mol. The van der Waals surface area contributed by atoms with Crippen LogP contribution in [0, 0.1) is 5.82 Å². The van der Waals surface area contributed by atoms with Crippen LogP contribution in [0.4, 0.5) is 8.78 Å². The number of halogens is 2. The van der Waals surface area contributed by atoms with Crippen LogP contribution in [0.2, 0.25) is 0 Å². The molecule has 0 radical (unpaired) electrons. The van der Waals surface area contributed by atoms with Gasteiger partial charge in [-0.15, -0.1) is 0 Å². The van der Waals surface area contributed by atoms with E-state index < -0.39 is 6.17 Å². The third kappa shape index (κ3) is 3.81. The maximum atomic E-state index is 14.4. The Morgan fingerprint density at radius 3 is 2.53 bits per heavy atom. The third-order valence-corrected chi connectivity index (χ3v) is 9.17. The Balaban J connectivity index is 1.19. The van der Waals surface area contributed by atoms with Gasteiger partial charge in [0.25, 0.3) is 0 Å². The zero-order valence-corrected chi connectivity index (χ0v) is 20.2. The molecule has 182 valence electrons. The van der Waals surface area contributed by atoms with Crippen LogP contribution in [-0.4, -0.2) is 54.2 Å². The standard InChI is InChI=1S/C29H37F2N3/c1-2-4-23-24-13-18(7-8-19(24)14-26(23)34-12-10-22(30)17-34)21-9-11-33(16-21)27-15-20-5-3-6-25(31)28(20)29(27)32/h3,5-8,13,21-23,26-27,29H,2,4,9-12,14-17,32H2,1H3/t21?,22-,23?,26+,27+,29-/m0/s1. The zero-order chi connectivity index (χ0) is 23.4. The number of fused-ring (bicyclic) bond motifs is 2. The Morgan fingerprint density at radius 1 is 0.971 bits per heavy atom. The molecule has 0 spiro atoms. The molecule has 2 aromatic rings. The summed E-state index contributed by atoms with van der Waals surface area (Å²) in [6.07, 6.45) is 5.39. The molecule has 0 bridgehead atoms. The van der Waals surface area contributed by atoms with Crippen molar-refractivity contribution in [2.45, 2.75) is 81.6 Å². The summed E-state index contributed by atoms with van der Waals surface area (Å²) < 4.78 is 28.4. The van der Waals surface area contributed by atoms with Crippen LogP contribution in [0.1, 0.15) is 78.3 Å². The molecule has 2 heterocycles. The molecule has 0 aromatic heterocycles. The summed E-state index contributed by atoms with van der Waals surface area (Å²) in [5.41, 5.74) is 12.8. The molecule has 2 aliphatic carbocycles. The highest BCUT2D eigenvalue weighted by Gasteiger charge is 2.41. The van der Waals surface area contributed by atoms with Gasteiger partial charge in [-0.3, -0.25) is 9.80 Å². The van der Waals surface area contributed by atoms with Crippen molar-refractivity contribution in [1.82, 2.24) is 9.80 Å². The summed E-state index contributed by atoms with van der Waals surface area (Å²) in [5.74, 6) is 0.855. The first-order chi connectivity index (χ1) is 16.5. The summed E-state index contributed by atoms with van der Waals surface area (Å²) in [6, 6.07) is 12.9. The molecule has 5 heteroatoms. The van der Waals surface area contributed by atoms with E-state index in [4.69, 9.17) is 5.73 Å². The fraction of sp³-hybridized carbons (Fsp3) is 0.586. The molecule has 34 heavy (non-hydrogen) atoms. The Hall–Kier alpha value is -1.82. The van der Waals surface area contributed by atoms with Crippen LogP contribution >= 0.6 is 0 Å². The predicted molar refractivity (Wildman–Crippen MR) is 132 cm³/mol. The monoisotopic (exact) mass is 465 g/mol. The summed E-state index contributed by atoms with van der Waals surface area (Å²) in [6.45, 7) is 5.77. The summed E-state index contributed by atoms with van der Waals surface area (Å²) in [7, 11) is 0. The van der Waals surface area contributed by atoms with E-state index in [2.05, 4.69) is 34.9 Å². The highest BCUT2D eigenvalue weighted by atomic mass is 19.1. The van der Waals surface area contributed by atoms with Gasteiger partial charge in [-0.25, -0.2) is 8.78 Å². The van der Waals surface area contributed by atoms with Gasteiger partial charge in [0.1, 0.15) is 12.0 Å². The maximum Gasteiger partial charge on any atom is 0.128 e. The highest BCUT2D eigenvalue weighted by Crippen LogP contribution is 2.43. The minimum absolute atomic E-state index is 0.157. The van der Waals surface area contributed by atoms with Gasteiger partial charge in [-0.1, -0.05) is 43.7 Å². The topological polar surface area (TPSA) is 32.5 Å². The lowest BCUT2D eigenvalue weighted by Gasteiger charge is -2.29. The Labute approximate surface area is 202 Å². The summed E-state index contributed by atoms with van der Waals surface area (Å²) >= 11 is 0. The molecule has 3 nitrogen and oxygen atoms in total. The highest BCUT2D eigenvalue weighted by molar-refractivity contribution is 5.43. The van der Waals surface area contributed by atoms with Crippen molar-refractivity contribution < 1.29 is 8.78 Å². The van der Waals surface area contributed by atoms with E-state index in [1.54, 1.807) is 6.07 Å². The molecular formula is C29H37F2N3. The van der Waals surface area contributed by atoms with Gasteiger partial charge in [0.05, 0.1) is 0 Å². The lowest BCUT2D eigenvalue weighted by Crippen LogP contribution is -2.39. The van der Waals surface area contributed by atoms with Gasteiger partial charge in [0, 0.05) is 49.2 Å². The predicted octanol–water partition coefficient (Wildman–Crippen LogP) is 5.09. The van der Waals surface area contributed by atoms with Gasteiger partial charge in [0.15, 0.2) is 0 Å². The van der Waals surface area contributed by atoms with E-state index in [1.165, 1.54) is 29.2 Å². The average Bonchev–Trinajstić information content (AvgIpc) is 3.60. The Bertz CT molecular complexity index is 1060. The minimum Gasteiger partial charge on any atom is -0.323 e. The van der Waals surface area contributed by atoms with Crippen LogP contribution in [-0.2, 0) is 12.8 Å². The number of alkyl halides is 1. The largest absolute Gasteiger partial charge is 0.323 e. The molecule has 2 N–H and O–H groups in total. The van der Waals surface area contributed by atoms with E-state index in [9.17, 15) is 8.78 Å². The normalized spacial score (nSPS) is 33.5. The number of hydrogen-bond donors (Lipinski definition) is 1. The number of benzene rings is 2. The van der Waals surface area contributed by atoms with Gasteiger partial charge < -0.3 is 5.73 Å². The first-order valence-corrected chi connectivity index (χ1v) is 13.3. The first kappa shape index (κ1) is 22.6. The fourth-order valence-electron chi connectivity index (χ4n) is 7.45. The molecule has 2 aliphatic heterocycles. The van der Waals surface area contributed by atoms with E-state index in [0.29, 0.717) is 30.8 Å². The second-order valence-corrected chi connectivity index (χ2v) is 11.1. The molecule has 2 unspecified atom stereocenters. The number of rotatable bonds is 5. The molecular weight excluding hydrogens is 428 g/mol. The second-order valence-electron chi connectivity index (χ2n) is 11.1. The molecule has 0 saturated carbocycles. The van der Waals surface area contributed by atoms with Crippen LogP contribution in [0.25, 0.3) is 0 Å².